The molecular formula is C24H48IN5O2. The van der Waals surface area contributed by atoms with Crippen LogP contribution < -0.4 is 10.6 Å². The average Bonchev–Trinajstić information content (AvgIpc) is 2.68. The van der Waals surface area contributed by atoms with E-state index < -0.39 is 5.60 Å². The van der Waals surface area contributed by atoms with E-state index in [4.69, 9.17) is 9.73 Å². The van der Waals surface area contributed by atoms with Gasteiger partial charge in [0.2, 0.25) is 0 Å². The zero-order valence-corrected chi connectivity index (χ0v) is 23.6. The number of guanidine groups is 1. The lowest BCUT2D eigenvalue weighted by molar-refractivity contribution is 0.0163. The molecule has 1 unspecified atom stereocenters. The summed E-state index contributed by atoms with van der Waals surface area (Å²) in [6.45, 7) is 19.2. The molecule has 32 heavy (non-hydrogen) atoms. The van der Waals surface area contributed by atoms with E-state index in [0.29, 0.717) is 12.0 Å². The lowest BCUT2D eigenvalue weighted by Crippen LogP contribution is -2.49. The molecule has 0 spiro atoms. The maximum absolute atomic E-state index is 12.4. The second kappa shape index (κ2) is 14.5. The molecule has 2 N–H and O–H groups in total. The van der Waals surface area contributed by atoms with Crippen LogP contribution in [0.5, 0.6) is 0 Å². The molecular weight excluding hydrogens is 517 g/mol. The van der Waals surface area contributed by atoms with Crippen molar-refractivity contribution >= 4 is 36.0 Å². The van der Waals surface area contributed by atoms with Gasteiger partial charge in [-0.05, 0) is 71.6 Å². The van der Waals surface area contributed by atoms with Crippen molar-refractivity contribution in [2.75, 3.05) is 45.8 Å². The van der Waals surface area contributed by atoms with Gasteiger partial charge in [0.15, 0.2) is 5.96 Å². The highest BCUT2D eigenvalue weighted by Crippen LogP contribution is 2.22. The normalized spacial score (nSPS) is 21.3. The summed E-state index contributed by atoms with van der Waals surface area (Å²) in [5.74, 6) is 2.16. The molecule has 8 heteroatoms. The lowest BCUT2D eigenvalue weighted by Gasteiger charge is -2.34. The number of piperidine rings is 2. The number of ether oxygens (including phenoxy) is 1. The number of nitrogens with one attached hydrogen (secondary N) is 2. The summed E-state index contributed by atoms with van der Waals surface area (Å²) in [6.07, 6.45) is 5.37. The molecule has 0 radical (unpaired) electrons. The summed E-state index contributed by atoms with van der Waals surface area (Å²) in [4.78, 5) is 21.7. The molecule has 1 atom stereocenters. The fraction of sp³-hybridized carbons (Fsp3) is 0.917. The van der Waals surface area contributed by atoms with Gasteiger partial charge in [0.25, 0.3) is 0 Å². The average molecular weight is 566 g/mol. The molecule has 1 amide bonds. The van der Waals surface area contributed by atoms with Gasteiger partial charge in [-0.1, -0.05) is 13.8 Å². The molecule has 7 nitrogen and oxygen atoms in total. The SMILES string of the molecule is CCNC(=NCCC1CCCN(C(=O)OC(C)(C)C)C1)NC1CCN(CC(C)C)CC1.I. The van der Waals surface area contributed by atoms with Crippen LogP contribution in [0.2, 0.25) is 0 Å². The monoisotopic (exact) mass is 565 g/mol. The van der Waals surface area contributed by atoms with Gasteiger partial charge in [-0.3, -0.25) is 4.99 Å². The van der Waals surface area contributed by atoms with E-state index in [1.165, 1.54) is 19.4 Å². The third kappa shape index (κ3) is 11.4. The van der Waals surface area contributed by atoms with Gasteiger partial charge in [-0.25, -0.2) is 4.79 Å². The van der Waals surface area contributed by atoms with Gasteiger partial charge in [0, 0.05) is 51.9 Å². The predicted molar refractivity (Wildman–Crippen MR) is 144 cm³/mol. The molecule has 0 aromatic heterocycles. The fourth-order valence-corrected chi connectivity index (χ4v) is 4.44. The van der Waals surface area contributed by atoms with Gasteiger partial charge in [0.05, 0.1) is 0 Å². The Bertz CT molecular complexity index is 571. The Morgan fingerprint density at radius 2 is 1.84 bits per heavy atom. The van der Waals surface area contributed by atoms with E-state index in [1.807, 2.05) is 25.7 Å². The van der Waals surface area contributed by atoms with Gasteiger partial charge >= 0.3 is 6.09 Å². The highest BCUT2D eigenvalue weighted by atomic mass is 127. The number of hydrogen-bond donors (Lipinski definition) is 2. The van der Waals surface area contributed by atoms with E-state index >= 15 is 0 Å². The van der Waals surface area contributed by atoms with E-state index in [1.54, 1.807) is 0 Å². The van der Waals surface area contributed by atoms with Crippen LogP contribution in [-0.2, 0) is 4.74 Å². The Morgan fingerprint density at radius 3 is 2.44 bits per heavy atom. The molecule has 2 saturated heterocycles. The number of nitrogens with zero attached hydrogens (tertiary/aromatic N) is 3. The topological polar surface area (TPSA) is 69.2 Å². The number of halogens is 1. The Balaban J connectivity index is 0.00000512. The molecule has 0 saturated carbocycles. The number of rotatable bonds is 7. The molecule has 0 aliphatic carbocycles. The maximum atomic E-state index is 12.4. The summed E-state index contributed by atoms with van der Waals surface area (Å²) in [5, 5.41) is 7.05. The van der Waals surface area contributed by atoms with Gasteiger partial charge in [0.1, 0.15) is 5.60 Å². The smallest absolute Gasteiger partial charge is 0.410 e. The maximum Gasteiger partial charge on any atom is 0.410 e. The number of carbonyl (C=O) groups excluding carboxylic acids is 1. The number of aliphatic imine (C=N–C) groups is 1. The van der Waals surface area contributed by atoms with Gasteiger partial charge in [-0.15, -0.1) is 24.0 Å². The highest BCUT2D eigenvalue weighted by Gasteiger charge is 2.27. The molecule has 2 heterocycles. The first-order chi connectivity index (χ1) is 14.7. The second-order valence-electron chi connectivity index (χ2n) is 10.6. The zero-order valence-electron chi connectivity index (χ0n) is 21.3. The molecule has 0 aromatic carbocycles. The van der Waals surface area contributed by atoms with Crippen LogP contribution in [0.25, 0.3) is 0 Å². The Kier molecular flexibility index (Phi) is 13.2. The second-order valence-corrected chi connectivity index (χ2v) is 10.6. The quantitative estimate of drug-likeness (QED) is 0.274. The van der Waals surface area contributed by atoms with Gasteiger partial charge < -0.3 is 25.2 Å². The van der Waals surface area contributed by atoms with Crippen LogP contribution in [0.3, 0.4) is 0 Å². The third-order valence-electron chi connectivity index (χ3n) is 5.87. The standard InChI is InChI=1S/C24H47N5O2.HI/c1-7-25-22(27-21-11-15-28(16-12-21)17-19(2)3)26-13-10-20-9-8-14-29(18-20)23(30)31-24(4,5)6;/h19-21H,7-18H2,1-6H3,(H2,25,26,27);1H. The van der Waals surface area contributed by atoms with Crippen molar-refractivity contribution in [3.8, 4) is 0 Å². The van der Waals surface area contributed by atoms with Crippen LogP contribution in [0.15, 0.2) is 4.99 Å². The van der Waals surface area contributed by atoms with Crippen molar-refractivity contribution in [1.82, 2.24) is 20.4 Å². The predicted octanol–water partition coefficient (Wildman–Crippen LogP) is 4.32. The van der Waals surface area contributed by atoms with Crippen LogP contribution in [0.1, 0.15) is 73.6 Å². The highest BCUT2D eigenvalue weighted by molar-refractivity contribution is 14.0. The number of carbonyl (C=O) groups is 1. The van der Waals surface area contributed by atoms with Crippen LogP contribution in [0, 0.1) is 11.8 Å². The molecule has 2 aliphatic rings. The molecule has 2 fully saturated rings. The van der Waals surface area contributed by atoms with E-state index in [2.05, 4.69) is 36.3 Å². The summed E-state index contributed by atoms with van der Waals surface area (Å²) >= 11 is 0. The van der Waals surface area contributed by atoms with E-state index in [0.717, 1.165) is 70.4 Å². The van der Waals surface area contributed by atoms with Crippen LogP contribution in [0.4, 0.5) is 4.79 Å². The minimum atomic E-state index is -0.439. The third-order valence-corrected chi connectivity index (χ3v) is 5.87. The first-order valence-corrected chi connectivity index (χ1v) is 12.4. The van der Waals surface area contributed by atoms with Crippen molar-refractivity contribution in [2.24, 2.45) is 16.8 Å². The van der Waals surface area contributed by atoms with E-state index in [-0.39, 0.29) is 30.1 Å². The number of likely N-dealkylation sites (tertiary alicyclic amines) is 2. The molecule has 2 aliphatic heterocycles. The Hall–Kier alpha value is -0.770. The van der Waals surface area contributed by atoms with Crippen LogP contribution >= 0.6 is 24.0 Å². The van der Waals surface area contributed by atoms with Crippen LogP contribution in [-0.4, -0.2) is 79.3 Å². The van der Waals surface area contributed by atoms with Gasteiger partial charge in [-0.2, -0.15) is 0 Å². The molecule has 0 aromatic rings. The Morgan fingerprint density at radius 1 is 1.16 bits per heavy atom. The van der Waals surface area contributed by atoms with Crippen molar-refractivity contribution in [2.45, 2.75) is 85.3 Å². The number of hydrogen-bond acceptors (Lipinski definition) is 4. The van der Waals surface area contributed by atoms with Crippen molar-refractivity contribution in [3.63, 3.8) is 0 Å². The summed E-state index contributed by atoms with van der Waals surface area (Å²) in [7, 11) is 0. The molecule has 2 rings (SSSR count). The minimum absolute atomic E-state index is 0. The zero-order chi connectivity index (χ0) is 22.9. The largest absolute Gasteiger partial charge is 0.444 e. The molecule has 188 valence electrons. The van der Waals surface area contributed by atoms with Crippen molar-refractivity contribution in [3.05, 3.63) is 0 Å². The first kappa shape index (κ1) is 29.3. The van der Waals surface area contributed by atoms with Crippen molar-refractivity contribution in [1.29, 1.82) is 0 Å². The van der Waals surface area contributed by atoms with Crippen molar-refractivity contribution < 1.29 is 9.53 Å². The van der Waals surface area contributed by atoms with E-state index in [9.17, 15) is 4.79 Å². The molecule has 0 bridgehead atoms. The fourth-order valence-electron chi connectivity index (χ4n) is 4.44. The summed E-state index contributed by atoms with van der Waals surface area (Å²) < 4.78 is 5.55. The Labute approximate surface area is 213 Å². The lowest BCUT2D eigenvalue weighted by atomic mass is 9.95. The summed E-state index contributed by atoms with van der Waals surface area (Å²) in [5.41, 5.74) is -0.439. The minimum Gasteiger partial charge on any atom is -0.444 e. The summed E-state index contributed by atoms with van der Waals surface area (Å²) in [6, 6.07) is 0.499. The number of amides is 1. The first-order valence-electron chi connectivity index (χ1n) is 12.4.